The van der Waals surface area contributed by atoms with Gasteiger partial charge in [0.05, 0.1) is 65.9 Å². The Bertz CT molecular complexity index is 4120. The lowest BCUT2D eigenvalue weighted by molar-refractivity contribution is 0.0100. The van der Waals surface area contributed by atoms with E-state index in [1.165, 1.54) is 82.7 Å². The van der Waals surface area contributed by atoms with E-state index >= 15 is 0 Å². The number of rotatable bonds is 13. The van der Waals surface area contributed by atoms with E-state index in [-0.39, 0.29) is 24.1 Å². The molecule has 0 spiro atoms. The van der Waals surface area contributed by atoms with Crippen molar-refractivity contribution >= 4 is 11.9 Å². The minimum absolute atomic E-state index is 0.206. The predicted octanol–water partition coefficient (Wildman–Crippen LogP) is 15.5. The number of nitrogens with zero attached hydrogens (tertiary/aromatic N) is 14. The first kappa shape index (κ1) is 78.8. The Kier molecular flexibility index (Phi) is 29.6. The average Bonchev–Trinajstić information content (AvgIpc) is 1.67. The second-order valence-electron chi connectivity index (χ2n) is 28.2. The quantitative estimate of drug-likeness (QED) is 0.0780. The summed E-state index contributed by atoms with van der Waals surface area (Å²) in [4.78, 5) is 58.7. The molecule has 556 valence electrons. The number of aromatic hydroxyl groups is 1. The van der Waals surface area contributed by atoms with Gasteiger partial charge in [-0.2, -0.15) is 14.6 Å². The number of aliphatic hydroxyl groups is 1. The number of aliphatic hydroxyl groups excluding tert-OH is 1. The number of carbonyl (C=O) groups excluding carboxylic acids is 1. The van der Waals surface area contributed by atoms with Crippen molar-refractivity contribution in [2.24, 2.45) is 0 Å². The second-order valence-corrected chi connectivity index (χ2v) is 28.2. The van der Waals surface area contributed by atoms with Gasteiger partial charge in [0.15, 0.2) is 11.6 Å². The molecule has 2 saturated carbocycles. The van der Waals surface area contributed by atoms with Crippen LogP contribution in [0.15, 0.2) is 134 Å². The molecule has 14 rings (SSSR count). The molecule has 0 unspecified atom stereocenters. The van der Waals surface area contributed by atoms with Crippen LogP contribution in [0, 0.1) is 61.3 Å². The maximum absolute atomic E-state index is 12.9. The highest BCUT2D eigenvalue weighted by molar-refractivity contribution is 5.68. The minimum atomic E-state index is -0.515. The second kappa shape index (κ2) is 39.5. The SMILES string of the molecule is CC(C)(C)OC(=O)N1CCC(O)CC1.Cc1cc(Cc2cc(C)[nH]n2)nc(-c2ccc(F)nc2)n1.Cc1ccc(O)cn1.Cc1ccc(OC2CCCCC2)cn1.Cc1ccc(OC2CCCCC2)cn1.Cc1ccc(OC2CCN(c3ccc(-c4nc(C)cc(Cc5cc(C)[nH]n5)n4)cn3)CC2)cn1. The van der Waals surface area contributed by atoms with Gasteiger partial charge in [-0.25, -0.2) is 34.7 Å². The highest BCUT2D eigenvalue weighted by Crippen LogP contribution is 2.28. The molecule has 24 heteroatoms. The fraction of sp³-hybridized carbons (Fsp3) is 0.444. The lowest BCUT2D eigenvalue weighted by Gasteiger charge is -2.32. The predicted molar refractivity (Wildman–Crippen MR) is 404 cm³/mol. The van der Waals surface area contributed by atoms with Crippen molar-refractivity contribution in [3.05, 3.63) is 209 Å². The zero-order valence-electron chi connectivity index (χ0n) is 62.7. The van der Waals surface area contributed by atoms with Gasteiger partial charge in [0.25, 0.3) is 0 Å². The molecule has 0 bridgehead atoms. The molecular formula is C81H103FN16O7. The van der Waals surface area contributed by atoms with Crippen LogP contribution < -0.4 is 19.1 Å². The summed E-state index contributed by atoms with van der Waals surface area (Å²) in [6.07, 6.45) is 28.0. The van der Waals surface area contributed by atoms with E-state index in [1.807, 2.05) is 155 Å². The fourth-order valence-corrected chi connectivity index (χ4v) is 12.0. The number of hydrogen-bond donors (Lipinski definition) is 4. The third-order valence-corrected chi connectivity index (χ3v) is 17.5. The number of aromatic amines is 2. The zero-order valence-corrected chi connectivity index (χ0v) is 62.7. The summed E-state index contributed by atoms with van der Waals surface area (Å²) in [7, 11) is 0. The van der Waals surface area contributed by atoms with Gasteiger partial charge in [0.1, 0.15) is 40.5 Å². The standard InChI is InChI=1S/C26H29N7O.C15H14FN5.2C12H17NO.C10H19NO3.C6H7NO/c1-17-4-6-24(16-27-17)34-23-8-10-33(11-9-23)25-7-5-20(15-28-25)26-29-18(2)12-21(30-26)14-22-13-19(3)31-32-22;1-9-5-12(7-13-6-10(2)20-21-13)19-15(18-9)11-3-4-14(16)17-8-11;2*1-10-7-8-12(9-13-10)14-11-5-3-2-4-6-11;1-10(2,3)14-9(13)11-6-4-8(12)5-7-11;1-5-2-3-6(8)4-7-5/h4-7,12-13,15-16,23H,8-11,14H2,1-3H3,(H,31,32);3-6,8H,7H2,1-2H3,(H,20,21);2*7-9,11H,2-6H2,1H3;8,12H,4-7H2,1-3H3;2-4,8H,1H3. The van der Waals surface area contributed by atoms with E-state index in [1.54, 1.807) is 29.3 Å². The van der Waals surface area contributed by atoms with E-state index in [0.29, 0.717) is 68.2 Å². The largest absolute Gasteiger partial charge is 0.506 e. The number of H-pyrrole nitrogens is 2. The van der Waals surface area contributed by atoms with Gasteiger partial charge >= 0.3 is 6.09 Å². The molecule has 105 heavy (non-hydrogen) atoms. The number of pyridine rings is 6. The number of aromatic nitrogens is 14. The first-order valence-electron chi connectivity index (χ1n) is 36.6. The Hall–Kier alpha value is -10.4. The van der Waals surface area contributed by atoms with E-state index in [4.69, 9.17) is 34.0 Å². The van der Waals surface area contributed by atoms with Crippen molar-refractivity contribution in [2.75, 3.05) is 31.1 Å². The number of likely N-dealkylation sites (tertiary alicyclic amines) is 1. The summed E-state index contributed by atoms with van der Waals surface area (Å²) in [5, 5.41) is 32.4. The molecule has 4 fully saturated rings. The van der Waals surface area contributed by atoms with Crippen molar-refractivity contribution in [2.45, 2.75) is 209 Å². The Morgan fingerprint density at radius 3 is 1.26 bits per heavy atom. The monoisotopic (exact) mass is 1430 g/mol. The smallest absolute Gasteiger partial charge is 0.410 e. The maximum Gasteiger partial charge on any atom is 0.410 e. The van der Waals surface area contributed by atoms with Gasteiger partial charge in [0.2, 0.25) is 5.95 Å². The van der Waals surface area contributed by atoms with Gasteiger partial charge in [-0.15, -0.1) is 0 Å². The van der Waals surface area contributed by atoms with Crippen molar-refractivity contribution in [1.82, 2.24) is 75.1 Å². The van der Waals surface area contributed by atoms with Crippen molar-refractivity contribution in [3.8, 4) is 45.8 Å². The molecule has 4 N–H and O–H groups in total. The first-order valence-corrected chi connectivity index (χ1v) is 36.6. The number of carbonyl (C=O) groups is 1. The van der Waals surface area contributed by atoms with Crippen LogP contribution in [0.4, 0.5) is 15.0 Å². The molecule has 23 nitrogen and oxygen atoms in total. The fourth-order valence-electron chi connectivity index (χ4n) is 12.0. The van der Waals surface area contributed by atoms with Gasteiger partial charge in [0, 0.05) is 121 Å². The third kappa shape index (κ3) is 27.7. The van der Waals surface area contributed by atoms with Gasteiger partial charge in [-0.05, 0) is 237 Å². The van der Waals surface area contributed by atoms with Crippen LogP contribution in [-0.2, 0) is 17.6 Å². The van der Waals surface area contributed by atoms with Crippen LogP contribution in [0.1, 0.15) is 179 Å². The number of hydrogen-bond acceptors (Lipinski definition) is 20. The van der Waals surface area contributed by atoms with Gasteiger partial charge < -0.3 is 39.0 Å². The lowest BCUT2D eigenvalue weighted by Crippen LogP contribution is -2.42. The summed E-state index contributed by atoms with van der Waals surface area (Å²) in [6.45, 7) is 24.2. The normalized spacial score (nSPS) is 14.9. The molecule has 2 aliphatic heterocycles. The number of aryl methyl sites for hydroxylation is 8. The molecule has 1 amide bonds. The Balaban J connectivity index is 0.000000155. The number of halogens is 1. The number of ether oxygens (including phenoxy) is 4. The molecule has 4 aliphatic rings. The van der Waals surface area contributed by atoms with Crippen LogP contribution in [-0.4, -0.2) is 148 Å². The van der Waals surface area contributed by atoms with Crippen molar-refractivity contribution in [1.29, 1.82) is 0 Å². The molecule has 12 heterocycles. The molecule has 10 aromatic heterocycles. The van der Waals surface area contributed by atoms with Crippen LogP contribution >= 0.6 is 0 Å². The minimum Gasteiger partial charge on any atom is -0.506 e. The van der Waals surface area contributed by atoms with E-state index in [2.05, 4.69) is 77.3 Å². The highest BCUT2D eigenvalue weighted by atomic mass is 19.1. The molecule has 2 saturated heterocycles. The van der Waals surface area contributed by atoms with E-state index in [9.17, 15) is 14.3 Å². The summed E-state index contributed by atoms with van der Waals surface area (Å²) in [6, 6.07) is 30.4. The first-order chi connectivity index (χ1) is 50.5. The molecule has 0 radical (unpaired) electrons. The lowest BCUT2D eigenvalue weighted by atomic mass is 9.98. The summed E-state index contributed by atoms with van der Waals surface area (Å²) < 4.78 is 35.9. The maximum atomic E-state index is 12.9. The van der Waals surface area contributed by atoms with Gasteiger partial charge in [-0.3, -0.25) is 30.1 Å². The highest BCUT2D eigenvalue weighted by Gasteiger charge is 2.27. The van der Waals surface area contributed by atoms with Crippen molar-refractivity contribution < 1.29 is 38.3 Å². The number of amides is 1. The zero-order chi connectivity index (χ0) is 74.7. The number of piperidine rings is 2. The topological polar surface area (TPSA) is 287 Å². The Morgan fingerprint density at radius 2 is 0.895 bits per heavy atom. The third-order valence-electron chi connectivity index (χ3n) is 17.5. The average molecular weight is 1430 g/mol. The van der Waals surface area contributed by atoms with Crippen LogP contribution in [0.3, 0.4) is 0 Å². The molecular weight excluding hydrogens is 1330 g/mol. The molecule has 0 atom stereocenters. The van der Waals surface area contributed by atoms with E-state index in [0.717, 1.165) is 123 Å². The number of anilines is 1. The molecule has 0 aromatic carbocycles. The van der Waals surface area contributed by atoms with E-state index < -0.39 is 11.5 Å². The van der Waals surface area contributed by atoms with Gasteiger partial charge in [-0.1, -0.05) is 12.8 Å². The summed E-state index contributed by atoms with van der Waals surface area (Å²) >= 11 is 0. The molecule has 10 aromatic rings. The summed E-state index contributed by atoms with van der Waals surface area (Å²) in [5.41, 5.74) is 12.7. The van der Waals surface area contributed by atoms with Crippen molar-refractivity contribution in [3.63, 3.8) is 0 Å². The Labute approximate surface area is 616 Å². The number of nitrogens with one attached hydrogen (secondary N) is 2. The Morgan fingerprint density at radius 1 is 0.467 bits per heavy atom. The van der Waals surface area contributed by atoms with Crippen LogP contribution in [0.25, 0.3) is 22.8 Å². The summed E-state index contributed by atoms with van der Waals surface area (Å²) in [5.74, 6) is 4.59. The molecule has 2 aliphatic carbocycles. The van der Waals surface area contributed by atoms with Crippen LogP contribution in [0.2, 0.25) is 0 Å². The van der Waals surface area contributed by atoms with Crippen LogP contribution in [0.5, 0.6) is 23.0 Å².